The lowest BCUT2D eigenvalue weighted by atomic mass is 9.86. The van der Waals surface area contributed by atoms with Crippen LogP contribution in [0.4, 0.5) is 17.6 Å². The second-order valence-electron chi connectivity index (χ2n) is 5.54. The summed E-state index contributed by atoms with van der Waals surface area (Å²) in [6, 6.07) is 2.31. The molecule has 1 unspecified atom stereocenters. The van der Waals surface area contributed by atoms with Gasteiger partial charge in [0.25, 0.3) is 0 Å². The van der Waals surface area contributed by atoms with Crippen LogP contribution in [0.5, 0.6) is 0 Å². The predicted octanol–water partition coefficient (Wildman–Crippen LogP) is 3.96. The van der Waals surface area contributed by atoms with E-state index < -0.39 is 29.1 Å². The van der Waals surface area contributed by atoms with E-state index in [4.69, 9.17) is 5.73 Å². The molecule has 21 heavy (non-hydrogen) atoms. The Kier molecular flexibility index (Phi) is 5.39. The van der Waals surface area contributed by atoms with Gasteiger partial charge in [-0.3, -0.25) is 4.90 Å². The van der Waals surface area contributed by atoms with Crippen LogP contribution in [0.2, 0.25) is 0 Å². The minimum atomic E-state index is -4.72. The summed E-state index contributed by atoms with van der Waals surface area (Å²) in [5.41, 5.74) is 4.62. The van der Waals surface area contributed by atoms with Crippen molar-refractivity contribution in [1.29, 1.82) is 0 Å². The molecule has 1 rings (SSSR count). The van der Waals surface area contributed by atoms with Crippen LogP contribution in [-0.2, 0) is 6.18 Å². The Morgan fingerprint density at radius 2 is 1.67 bits per heavy atom. The molecule has 0 aliphatic rings. The fraction of sp³-hybridized carbons (Fsp3) is 0.600. The average Bonchev–Trinajstić information content (AvgIpc) is 2.38. The molecule has 0 aromatic heterocycles. The van der Waals surface area contributed by atoms with Crippen molar-refractivity contribution in [3.8, 4) is 0 Å². The molecule has 0 heterocycles. The third kappa shape index (κ3) is 3.74. The van der Waals surface area contributed by atoms with E-state index in [-0.39, 0.29) is 5.56 Å². The molecule has 0 spiro atoms. The minimum Gasteiger partial charge on any atom is -0.322 e. The molecule has 0 amide bonds. The Hall–Kier alpha value is -1.14. The first-order valence-electron chi connectivity index (χ1n) is 6.92. The number of hydrogen-bond acceptors (Lipinski definition) is 2. The highest BCUT2D eigenvalue weighted by atomic mass is 19.4. The van der Waals surface area contributed by atoms with Crippen molar-refractivity contribution in [2.24, 2.45) is 5.73 Å². The van der Waals surface area contributed by atoms with Crippen LogP contribution in [0.3, 0.4) is 0 Å². The topological polar surface area (TPSA) is 29.3 Å². The van der Waals surface area contributed by atoms with Gasteiger partial charge in [0.15, 0.2) is 0 Å². The van der Waals surface area contributed by atoms with E-state index >= 15 is 0 Å². The van der Waals surface area contributed by atoms with Crippen molar-refractivity contribution in [3.63, 3.8) is 0 Å². The third-order valence-corrected chi connectivity index (χ3v) is 3.99. The van der Waals surface area contributed by atoms with E-state index in [0.717, 1.165) is 25.2 Å². The van der Waals surface area contributed by atoms with Crippen molar-refractivity contribution >= 4 is 0 Å². The van der Waals surface area contributed by atoms with Crippen molar-refractivity contribution in [2.45, 2.75) is 45.5 Å². The molecule has 2 nitrogen and oxygen atoms in total. The monoisotopic (exact) mass is 306 g/mol. The van der Waals surface area contributed by atoms with Gasteiger partial charge in [0.2, 0.25) is 0 Å². The van der Waals surface area contributed by atoms with E-state index in [1.54, 1.807) is 0 Å². The SMILES string of the molecule is CCN(CC)C(C)(C)C(N)c1ccc(F)c(C(F)(F)F)c1. The summed E-state index contributed by atoms with van der Waals surface area (Å²) < 4.78 is 51.7. The van der Waals surface area contributed by atoms with Crippen LogP contribution in [0.1, 0.15) is 44.9 Å². The van der Waals surface area contributed by atoms with E-state index in [1.807, 2.05) is 27.7 Å². The van der Waals surface area contributed by atoms with Gasteiger partial charge in [-0.2, -0.15) is 13.2 Å². The van der Waals surface area contributed by atoms with E-state index in [2.05, 4.69) is 4.90 Å². The number of nitrogens with two attached hydrogens (primary N) is 1. The number of alkyl halides is 3. The summed E-state index contributed by atoms with van der Waals surface area (Å²) in [6.07, 6.45) is -4.72. The van der Waals surface area contributed by atoms with Crippen LogP contribution in [-0.4, -0.2) is 23.5 Å². The number of hydrogen-bond donors (Lipinski definition) is 1. The maximum absolute atomic E-state index is 13.3. The highest BCUT2D eigenvalue weighted by molar-refractivity contribution is 5.31. The van der Waals surface area contributed by atoms with Gasteiger partial charge in [0.1, 0.15) is 5.82 Å². The number of nitrogens with zero attached hydrogens (tertiary/aromatic N) is 1. The van der Waals surface area contributed by atoms with Crippen LogP contribution in [0.25, 0.3) is 0 Å². The Labute approximate surface area is 122 Å². The summed E-state index contributed by atoms with van der Waals surface area (Å²) in [5, 5.41) is 0. The molecule has 0 aliphatic carbocycles. The number of halogens is 4. The largest absolute Gasteiger partial charge is 0.419 e. The maximum atomic E-state index is 13.3. The van der Waals surface area contributed by atoms with Gasteiger partial charge in [-0.25, -0.2) is 4.39 Å². The molecule has 0 fully saturated rings. The van der Waals surface area contributed by atoms with Gasteiger partial charge >= 0.3 is 6.18 Å². The molecule has 120 valence electrons. The van der Waals surface area contributed by atoms with E-state index in [0.29, 0.717) is 0 Å². The molecule has 0 saturated heterocycles. The standard InChI is InChI=1S/C15H22F4N2/c1-5-21(6-2)14(3,4)13(20)10-7-8-12(16)11(9-10)15(17,18)19/h7-9,13H,5-6,20H2,1-4H3. The van der Waals surface area contributed by atoms with Gasteiger partial charge in [-0.15, -0.1) is 0 Å². The molecular formula is C15H22F4N2. The maximum Gasteiger partial charge on any atom is 0.419 e. The molecule has 1 aromatic rings. The first-order valence-corrected chi connectivity index (χ1v) is 6.92. The van der Waals surface area contributed by atoms with Gasteiger partial charge in [-0.1, -0.05) is 19.9 Å². The van der Waals surface area contributed by atoms with Crippen molar-refractivity contribution in [1.82, 2.24) is 4.90 Å². The van der Waals surface area contributed by atoms with Gasteiger partial charge in [-0.05, 0) is 44.6 Å². The first-order chi connectivity index (χ1) is 9.55. The predicted molar refractivity (Wildman–Crippen MR) is 75.3 cm³/mol. The summed E-state index contributed by atoms with van der Waals surface area (Å²) in [6.45, 7) is 9.13. The van der Waals surface area contributed by atoms with Crippen molar-refractivity contribution in [2.75, 3.05) is 13.1 Å². The smallest absolute Gasteiger partial charge is 0.322 e. The van der Waals surface area contributed by atoms with Gasteiger partial charge in [0.05, 0.1) is 5.56 Å². The average molecular weight is 306 g/mol. The quantitative estimate of drug-likeness (QED) is 0.834. The number of benzene rings is 1. The molecule has 1 atom stereocenters. The lowest BCUT2D eigenvalue weighted by Gasteiger charge is -2.42. The Balaban J connectivity index is 3.22. The fourth-order valence-corrected chi connectivity index (χ4v) is 2.60. The molecule has 0 saturated carbocycles. The van der Waals surface area contributed by atoms with E-state index in [9.17, 15) is 17.6 Å². The second-order valence-corrected chi connectivity index (χ2v) is 5.54. The minimum absolute atomic E-state index is 0.278. The lowest BCUT2D eigenvalue weighted by Crippen LogP contribution is -2.51. The van der Waals surface area contributed by atoms with Crippen LogP contribution in [0, 0.1) is 5.82 Å². The molecule has 2 N–H and O–H groups in total. The van der Waals surface area contributed by atoms with E-state index in [1.165, 1.54) is 6.07 Å². The zero-order valence-electron chi connectivity index (χ0n) is 12.8. The highest BCUT2D eigenvalue weighted by Crippen LogP contribution is 2.35. The highest BCUT2D eigenvalue weighted by Gasteiger charge is 2.37. The molecular weight excluding hydrogens is 284 g/mol. The van der Waals surface area contributed by atoms with Crippen LogP contribution in [0.15, 0.2) is 18.2 Å². The zero-order valence-corrected chi connectivity index (χ0v) is 12.8. The Morgan fingerprint density at radius 1 is 1.14 bits per heavy atom. The molecule has 0 aliphatic heterocycles. The van der Waals surface area contributed by atoms with Crippen LogP contribution >= 0.6 is 0 Å². The van der Waals surface area contributed by atoms with Gasteiger partial charge < -0.3 is 5.73 Å². The third-order valence-electron chi connectivity index (χ3n) is 3.99. The fourth-order valence-electron chi connectivity index (χ4n) is 2.60. The second kappa shape index (κ2) is 6.32. The van der Waals surface area contributed by atoms with Crippen LogP contribution < -0.4 is 5.73 Å². The normalized spacial score (nSPS) is 14.6. The van der Waals surface area contributed by atoms with Crippen molar-refractivity contribution in [3.05, 3.63) is 35.1 Å². The number of rotatable bonds is 5. The Bertz CT molecular complexity index is 479. The number of likely N-dealkylation sites (N-methyl/N-ethyl adjacent to an activating group) is 1. The summed E-state index contributed by atoms with van der Waals surface area (Å²) in [5.74, 6) is -1.28. The molecule has 6 heteroatoms. The summed E-state index contributed by atoms with van der Waals surface area (Å²) in [7, 11) is 0. The zero-order chi connectivity index (χ0) is 16.4. The molecule has 0 radical (unpaired) electrons. The van der Waals surface area contributed by atoms with Crippen molar-refractivity contribution < 1.29 is 17.6 Å². The summed E-state index contributed by atoms with van der Waals surface area (Å²) >= 11 is 0. The lowest BCUT2D eigenvalue weighted by molar-refractivity contribution is -0.140. The van der Waals surface area contributed by atoms with Gasteiger partial charge in [0, 0.05) is 11.6 Å². The first kappa shape index (κ1) is 17.9. The summed E-state index contributed by atoms with van der Waals surface area (Å²) in [4.78, 5) is 2.06. The molecule has 0 bridgehead atoms. The Morgan fingerprint density at radius 3 is 2.10 bits per heavy atom. The molecule has 1 aromatic carbocycles.